The van der Waals surface area contributed by atoms with Gasteiger partial charge < -0.3 is 40.6 Å². The van der Waals surface area contributed by atoms with Gasteiger partial charge in [-0.25, -0.2) is 0 Å². The minimum atomic E-state index is -2.95. The van der Waals surface area contributed by atoms with E-state index >= 15 is 0 Å². The van der Waals surface area contributed by atoms with Crippen LogP contribution in [0.3, 0.4) is 0 Å². The van der Waals surface area contributed by atoms with Gasteiger partial charge in [0.2, 0.25) is 11.6 Å². The van der Waals surface area contributed by atoms with Crippen LogP contribution >= 0.6 is 0 Å². The van der Waals surface area contributed by atoms with Gasteiger partial charge in [-0.3, -0.25) is 9.59 Å². The quantitative estimate of drug-likeness (QED) is 0.0547. The van der Waals surface area contributed by atoms with Crippen LogP contribution in [0.5, 0.6) is 11.5 Å². The Kier molecular flexibility index (Phi) is 15.5. The summed E-state index contributed by atoms with van der Waals surface area (Å²) in [5, 5.41) is 22.7. The number of nitrogen functional groups attached to an aromatic ring is 2. The monoisotopic (exact) mass is 754 g/mol. The zero-order valence-corrected chi connectivity index (χ0v) is 32.2. The minimum Gasteiger partial charge on any atom is -0.493 e. The molecule has 0 heterocycles. The summed E-state index contributed by atoms with van der Waals surface area (Å²) in [4.78, 5) is 26.7. The molecule has 2 aliphatic carbocycles. The van der Waals surface area contributed by atoms with Gasteiger partial charge in [0, 0.05) is 31.0 Å². The fourth-order valence-corrected chi connectivity index (χ4v) is 7.48. The first-order valence-electron chi connectivity index (χ1n) is 19.8. The Bertz CT molecular complexity index is 1720. The Morgan fingerprint density at radius 2 is 1.18 bits per heavy atom. The third-order valence-corrected chi connectivity index (χ3v) is 10.8. The van der Waals surface area contributed by atoms with E-state index in [9.17, 15) is 19.8 Å². The zero-order valence-electron chi connectivity index (χ0n) is 32.2. The Morgan fingerprint density at radius 3 is 1.64 bits per heavy atom. The maximum atomic E-state index is 13.4. The second kappa shape index (κ2) is 20.4. The average molecular weight is 755 g/mol. The van der Waals surface area contributed by atoms with Gasteiger partial charge >= 0.3 is 0 Å². The number of ether oxygens (including phenoxy) is 4. The summed E-state index contributed by atoms with van der Waals surface area (Å²) in [6.45, 7) is 6.84. The van der Waals surface area contributed by atoms with Crippen molar-refractivity contribution in [3.05, 3.63) is 95.6 Å². The number of aliphatic hydroxyl groups is 2. The normalized spacial score (nSPS) is 21.1. The molecular weight excluding hydrogens is 697 g/mol. The third-order valence-electron chi connectivity index (χ3n) is 10.8. The molecule has 55 heavy (non-hydrogen) atoms. The van der Waals surface area contributed by atoms with Crippen LogP contribution in [0.4, 0.5) is 11.4 Å². The number of hydrogen-bond acceptors (Lipinski definition) is 10. The van der Waals surface area contributed by atoms with Crippen LogP contribution in [0.15, 0.2) is 78.9 Å². The summed E-state index contributed by atoms with van der Waals surface area (Å²) in [7, 11) is 0. The summed E-state index contributed by atoms with van der Waals surface area (Å²) in [5.41, 5.74) is 14.3. The first-order valence-corrected chi connectivity index (χ1v) is 19.8. The fraction of sp³-hybridized carbons (Fsp3) is 0.467. The number of ketones is 2. The summed E-state index contributed by atoms with van der Waals surface area (Å²) >= 11 is 0. The lowest BCUT2D eigenvalue weighted by atomic mass is 9.82. The number of hydrogen-bond donors (Lipinski definition) is 4. The van der Waals surface area contributed by atoms with Crippen molar-refractivity contribution in [2.45, 2.75) is 95.5 Å². The van der Waals surface area contributed by atoms with Gasteiger partial charge in [0.05, 0.1) is 31.3 Å². The van der Waals surface area contributed by atoms with Crippen LogP contribution < -0.4 is 20.9 Å². The third kappa shape index (κ3) is 12.5. The van der Waals surface area contributed by atoms with Gasteiger partial charge in [-0.1, -0.05) is 42.5 Å². The Morgan fingerprint density at radius 1 is 0.709 bits per heavy atom. The number of carbonyl (C=O) groups excluding carboxylic acids is 2. The van der Waals surface area contributed by atoms with E-state index < -0.39 is 29.7 Å². The molecule has 3 aromatic rings. The smallest absolute Gasteiger partial charge is 0.235 e. The summed E-state index contributed by atoms with van der Waals surface area (Å²) < 4.78 is 23.6. The molecule has 5 rings (SSSR count). The standard InChI is InChI=1S/C45H58N2O8/c1-3-52-37-21-10-33(11-22-37)29-54-39-17-6-31(7-18-39)5-16-36(48)28-42(41-25-15-35(46)27-43(41)47)45(50,51)44(49)26-14-32-8-19-40(20-9-32)55-30-34-12-23-38(24-13-34)53-4-2/h5-9,14-20,25-27,33-34,37-38,42,50-51H,3-4,10-13,21-24,28-30,46-47H2,1-2H3/b16-5+,26-14+. The van der Waals surface area contributed by atoms with E-state index in [0.717, 1.165) is 87.7 Å². The lowest BCUT2D eigenvalue weighted by Crippen LogP contribution is -2.44. The SMILES string of the molecule is CCOC1CCC(COc2ccc(/C=C/C(=O)CC(c3ccc(N)cc3N)C(O)(O)C(=O)/C=C/c3ccc(OCC4CCC(OCC)CC4)cc3)cc2)CC1. The Labute approximate surface area is 325 Å². The topological polar surface area (TPSA) is 164 Å². The molecular formula is C45H58N2O8. The maximum Gasteiger partial charge on any atom is 0.235 e. The number of allylic oxidation sites excluding steroid dienone is 1. The van der Waals surface area contributed by atoms with Gasteiger partial charge in [0.25, 0.3) is 0 Å². The predicted molar refractivity (Wildman–Crippen MR) is 216 cm³/mol. The highest BCUT2D eigenvalue weighted by molar-refractivity contribution is 6.01. The van der Waals surface area contributed by atoms with Crippen molar-refractivity contribution in [3.63, 3.8) is 0 Å². The van der Waals surface area contributed by atoms with Crippen LogP contribution in [0.1, 0.15) is 94.2 Å². The molecule has 0 amide bonds. The Hall–Kier alpha value is -4.48. The highest BCUT2D eigenvalue weighted by atomic mass is 16.5. The van der Waals surface area contributed by atoms with Crippen LogP contribution in [-0.4, -0.2) is 66.2 Å². The van der Waals surface area contributed by atoms with Crippen LogP contribution in [-0.2, 0) is 19.1 Å². The Balaban J connectivity index is 1.17. The van der Waals surface area contributed by atoms with Gasteiger partial charge in [0.15, 0.2) is 5.78 Å². The van der Waals surface area contributed by atoms with E-state index in [1.165, 1.54) is 24.3 Å². The molecule has 10 nitrogen and oxygen atoms in total. The van der Waals surface area contributed by atoms with Gasteiger partial charge in [-0.15, -0.1) is 0 Å². The molecule has 0 saturated heterocycles. The average Bonchev–Trinajstić information content (AvgIpc) is 3.19. The van der Waals surface area contributed by atoms with Crippen molar-refractivity contribution >= 4 is 35.1 Å². The molecule has 296 valence electrons. The molecule has 2 saturated carbocycles. The number of anilines is 2. The second-order valence-corrected chi connectivity index (χ2v) is 14.8. The maximum absolute atomic E-state index is 13.4. The minimum absolute atomic E-state index is 0.141. The highest BCUT2D eigenvalue weighted by Crippen LogP contribution is 2.36. The van der Waals surface area contributed by atoms with Crippen molar-refractivity contribution in [1.29, 1.82) is 0 Å². The number of benzene rings is 3. The lowest BCUT2D eigenvalue weighted by molar-refractivity contribution is -0.187. The van der Waals surface area contributed by atoms with Gasteiger partial charge in [-0.2, -0.15) is 0 Å². The number of rotatable bonds is 19. The van der Waals surface area contributed by atoms with Crippen molar-refractivity contribution in [1.82, 2.24) is 0 Å². The molecule has 0 aliphatic heterocycles. The molecule has 0 aromatic heterocycles. The molecule has 0 radical (unpaired) electrons. The summed E-state index contributed by atoms with van der Waals surface area (Å²) in [5.74, 6) is -3.28. The molecule has 6 N–H and O–H groups in total. The van der Waals surface area contributed by atoms with Crippen molar-refractivity contribution < 1.29 is 38.7 Å². The molecule has 2 fully saturated rings. The summed E-state index contributed by atoms with van der Waals surface area (Å²) in [6, 6.07) is 19.2. The van der Waals surface area contributed by atoms with Crippen molar-refractivity contribution in [2.24, 2.45) is 11.8 Å². The van der Waals surface area contributed by atoms with E-state index in [1.54, 1.807) is 24.3 Å². The largest absolute Gasteiger partial charge is 0.493 e. The first-order chi connectivity index (χ1) is 26.5. The van der Waals surface area contributed by atoms with E-state index in [1.807, 2.05) is 50.2 Å². The van der Waals surface area contributed by atoms with E-state index in [0.29, 0.717) is 48.5 Å². The lowest BCUT2D eigenvalue weighted by Gasteiger charge is -2.30. The van der Waals surface area contributed by atoms with Gasteiger partial charge in [0.1, 0.15) is 11.5 Å². The van der Waals surface area contributed by atoms with Crippen molar-refractivity contribution in [3.8, 4) is 11.5 Å². The molecule has 3 aromatic carbocycles. The number of nitrogens with two attached hydrogens (primary N) is 2. The van der Waals surface area contributed by atoms with E-state index in [2.05, 4.69) is 0 Å². The molecule has 2 aliphatic rings. The number of carbonyl (C=O) groups is 2. The highest BCUT2D eigenvalue weighted by Gasteiger charge is 2.43. The predicted octanol–water partition coefficient (Wildman–Crippen LogP) is 7.52. The van der Waals surface area contributed by atoms with Crippen LogP contribution in [0.2, 0.25) is 0 Å². The van der Waals surface area contributed by atoms with E-state index in [-0.39, 0.29) is 11.3 Å². The van der Waals surface area contributed by atoms with Crippen molar-refractivity contribution in [2.75, 3.05) is 37.9 Å². The molecule has 1 atom stereocenters. The van der Waals surface area contributed by atoms with Crippen LogP contribution in [0, 0.1) is 11.8 Å². The van der Waals surface area contributed by atoms with Crippen LogP contribution in [0.25, 0.3) is 12.2 Å². The zero-order chi connectivity index (χ0) is 39.2. The molecule has 0 spiro atoms. The second-order valence-electron chi connectivity index (χ2n) is 14.8. The van der Waals surface area contributed by atoms with E-state index in [4.69, 9.17) is 30.4 Å². The molecule has 0 bridgehead atoms. The first kappa shape index (κ1) is 41.7. The molecule has 10 heteroatoms. The molecule has 1 unspecified atom stereocenters. The van der Waals surface area contributed by atoms with Gasteiger partial charge in [-0.05, 0) is 142 Å². The fourth-order valence-electron chi connectivity index (χ4n) is 7.48. The summed E-state index contributed by atoms with van der Waals surface area (Å²) in [6.07, 6.45) is 14.5.